The van der Waals surface area contributed by atoms with Crippen molar-refractivity contribution in [1.82, 2.24) is 0 Å². The van der Waals surface area contributed by atoms with Gasteiger partial charge in [-0.2, -0.15) is 0 Å². The molecule has 1 fully saturated rings. The minimum absolute atomic E-state index is 0.0624. The van der Waals surface area contributed by atoms with Gasteiger partial charge in [0.2, 0.25) is 0 Å². The maximum Gasteiger partial charge on any atom is 0.173 e. The van der Waals surface area contributed by atoms with E-state index in [1.807, 2.05) is 24.3 Å². The summed E-state index contributed by atoms with van der Waals surface area (Å²) in [5.41, 5.74) is 3.80. The van der Waals surface area contributed by atoms with Crippen LogP contribution in [-0.2, 0) is 9.53 Å². The van der Waals surface area contributed by atoms with Gasteiger partial charge in [-0.05, 0) is 38.0 Å². The molecule has 140 valence electrons. The van der Waals surface area contributed by atoms with Gasteiger partial charge in [0.15, 0.2) is 5.78 Å². The number of anilines is 1. The Kier molecular flexibility index (Phi) is 4.88. The van der Waals surface area contributed by atoms with Crippen LogP contribution in [0.2, 0.25) is 0 Å². The van der Waals surface area contributed by atoms with Gasteiger partial charge in [-0.3, -0.25) is 4.79 Å². The fourth-order valence-corrected chi connectivity index (χ4v) is 4.07. The number of hydrogen-bond donors (Lipinski definition) is 1. The van der Waals surface area contributed by atoms with Crippen molar-refractivity contribution in [3.63, 3.8) is 0 Å². The highest BCUT2D eigenvalue weighted by atomic mass is 16.5. The van der Waals surface area contributed by atoms with Gasteiger partial charge in [0.1, 0.15) is 11.9 Å². The SMILES string of the molecule is COc1ccccc1C1=COC2CC(Nc3ccc(C)cc3)CCC2C1=O. The van der Waals surface area contributed by atoms with Crippen molar-refractivity contribution in [1.29, 1.82) is 0 Å². The predicted molar refractivity (Wildman–Crippen MR) is 107 cm³/mol. The zero-order chi connectivity index (χ0) is 18.8. The molecule has 1 saturated carbocycles. The Labute approximate surface area is 160 Å². The minimum Gasteiger partial charge on any atom is -0.496 e. The number of carbonyl (C=O) groups is 1. The largest absolute Gasteiger partial charge is 0.496 e. The molecule has 3 atom stereocenters. The van der Waals surface area contributed by atoms with E-state index in [1.54, 1.807) is 13.4 Å². The Bertz CT molecular complexity index is 856. The molecule has 0 spiro atoms. The van der Waals surface area contributed by atoms with Crippen molar-refractivity contribution in [2.75, 3.05) is 12.4 Å². The van der Waals surface area contributed by atoms with Gasteiger partial charge < -0.3 is 14.8 Å². The third-order valence-corrected chi connectivity index (χ3v) is 5.57. The van der Waals surface area contributed by atoms with Gasteiger partial charge in [-0.1, -0.05) is 35.9 Å². The van der Waals surface area contributed by atoms with Crippen LogP contribution >= 0.6 is 0 Å². The molecule has 27 heavy (non-hydrogen) atoms. The summed E-state index contributed by atoms with van der Waals surface area (Å²) in [6.07, 6.45) is 4.20. The highest BCUT2D eigenvalue weighted by Gasteiger charge is 2.40. The summed E-state index contributed by atoms with van der Waals surface area (Å²) >= 11 is 0. The highest BCUT2D eigenvalue weighted by Crippen LogP contribution is 2.39. The molecule has 0 radical (unpaired) electrons. The molecule has 2 aromatic rings. The van der Waals surface area contributed by atoms with Crippen molar-refractivity contribution in [3.8, 4) is 5.75 Å². The predicted octanol–water partition coefficient (Wildman–Crippen LogP) is 4.59. The van der Waals surface area contributed by atoms with E-state index in [4.69, 9.17) is 9.47 Å². The Morgan fingerprint density at radius 3 is 2.63 bits per heavy atom. The number of ether oxygens (including phenoxy) is 2. The molecule has 1 N–H and O–H groups in total. The number of para-hydroxylation sites is 1. The number of fused-ring (bicyclic) bond motifs is 1. The summed E-state index contributed by atoms with van der Waals surface area (Å²) < 4.78 is 11.4. The van der Waals surface area contributed by atoms with Gasteiger partial charge in [0, 0.05) is 23.7 Å². The number of rotatable bonds is 4. The first kappa shape index (κ1) is 17.7. The maximum atomic E-state index is 13.1. The molecule has 1 aliphatic carbocycles. The molecule has 1 heterocycles. The third-order valence-electron chi connectivity index (χ3n) is 5.57. The molecular weight excluding hydrogens is 338 g/mol. The standard InChI is InChI=1S/C23H25NO3/c1-15-7-9-16(10-8-15)24-17-11-12-19-22(13-17)27-14-20(23(19)25)18-5-3-4-6-21(18)26-2/h3-10,14,17,19,22,24H,11-13H2,1-2H3. The molecule has 4 rings (SSSR count). The van der Waals surface area contributed by atoms with Crippen molar-refractivity contribution >= 4 is 17.0 Å². The lowest BCUT2D eigenvalue weighted by atomic mass is 9.77. The van der Waals surface area contributed by atoms with Crippen LogP contribution in [0.25, 0.3) is 5.57 Å². The second-order valence-corrected chi connectivity index (χ2v) is 7.40. The summed E-state index contributed by atoms with van der Waals surface area (Å²) in [7, 11) is 1.62. The summed E-state index contributed by atoms with van der Waals surface area (Å²) in [5.74, 6) is 0.796. The number of carbonyl (C=O) groups excluding carboxylic acids is 1. The minimum atomic E-state index is -0.0778. The Hall–Kier alpha value is -2.75. The van der Waals surface area contributed by atoms with E-state index in [9.17, 15) is 4.79 Å². The Balaban J connectivity index is 1.48. The van der Waals surface area contributed by atoms with E-state index in [0.29, 0.717) is 17.4 Å². The van der Waals surface area contributed by atoms with Gasteiger partial charge in [-0.15, -0.1) is 0 Å². The van der Waals surface area contributed by atoms with Crippen LogP contribution in [0.4, 0.5) is 5.69 Å². The van der Waals surface area contributed by atoms with E-state index in [2.05, 4.69) is 36.5 Å². The van der Waals surface area contributed by atoms with E-state index in [1.165, 1.54) is 5.56 Å². The van der Waals surface area contributed by atoms with Gasteiger partial charge >= 0.3 is 0 Å². The van der Waals surface area contributed by atoms with Crippen LogP contribution < -0.4 is 10.1 Å². The lowest BCUT2D eigenvalue weighted by Gasteiger charge is -2.38. The van der Waals surface area contributed by atoms with Crippen molar-refractivity contribution in [2.24, 2.45) is 5.92 Å². The first-order valence-corrected chi connectivity index (χ1v) is 9.52. The van der Waals surface area contributed by atoms with Crippen molar-refractivity contribution in [2.45, 2.75) is 38.3 Å². The monoisotopic (exact) mass is 363 g/mol. The molecule has 4 nitrogen and oxygen atoms in total. The Morgan fingerprint density at radius 1 is 1.07 bits per heavy atom. The molecule has 0 amide bonds. The Morgan fingerprint density at radius 2 is 1.85 bits per heavy atom. The average Bonchev–Trinajstić information content (AvgIpc) is 2.70. The van der Waals surface area contributed by atoms with Crippen LogP contribution in [0.3, 0.4) is 0 Å². The highest BCUT2D eigenvalue weighted by molar-refractivity contribution is 6.22. The zero-order valence-corrected chi connectivity index (χ0v) is 15.8. The van der Waals surface area contributed by atoms with E-state index < -0.39 is 0 Å². The normalized spacial score (nSPS) is 24.4. The lowest BCUT2D eigenvalue weighted by molar-refractivity contribution is -0.124. The summed E-state index contributed by atoms with van der Waals surface area (Å²) in [6.45, 7) is 2.09. The number of Topliss-reactive ketones (excluding diaryl/α,β-unsaturated/α-hetero) is 1. The van der Waals surface area contributed by atoms with Crippen molar-refractivity contribution < 1.29 is 14.3 Å². The number of methoxy groups -OCH3 is 1. The van der Waals surface area contributed by atoms with Crippen molar-refractivity contribution in [3.05, 3.63) is 65.9 Å². The quantitative estimate of drug-likeness (QED) is 0.863. The molecule has 0 aromatic heterocycles. The lowest BCUT2D eigenvalue weighted by Crippen LogP contribution is -2.42. The van der Waals surface area contributed by atoms with Crippen LogP contribution in [0.15, 0.2) is 54.8 Å². The fraction of sp³-hybridized carbons (Fsp3) is 0.348. The fourth-order valence-electron chi connectivity index (χ4n) is 4.07. The number of nitrogens with one attached hydrogen (secondary N) is 1. The molecular formula is C23H25NO3. The summed E-state index contributed by atoms with van der Waals surface area (Å²) in [6, 6.07) is 16.4. The first-order valence-electron chi connectivity index (χ1n) is 9.52. The first-order chi connectivity index (χ1) is 13.2. The van der Waals surface area contributed by atoms with Crippen LogP contribution in [0.1, 0.15) is 30.4 Å². The molecule has 1 aliphatic heterocycles. The van der Waals surface area contributed by atoms with Crippen LogP contribution in [-0.4, -0.2) is 25.0 Å². The van der Waals surface area contributed by atoms with Crippen LogP contribution in [0.5, 0.6) is 5.75 Å². The van der Waals surface area contributed by atoms with Crippen LogP contribution in [0, 0.1) is 12.8 Å². The second-order valence-electron chi connectivity index (χ2n) is 7.40. The molecule has 0 bridgehead atoms. The number of aryl methyl sites for hydroxylation is 1. The van der Waals surface area contributed by atoms with Gasteiger partial charge in [-0.25, -0.2) is 0 Å². The molecule has 3 unspecified atom stereocenters. The third kappa shape index (κ3) is 3.57. The summed E-state index contributed by atoms with van der Waals surface area (Å²) in [4.78, 5) is 13.1. The number of hydrogen-bond acceptors (Lipinski definition) is 4. The smallest absolute Gasteiger partial charge is 0.173 e. The van der Waals surface area contributed by atoms with E-state index in [0.717, 1.165) is 30.5 Å². The number of allylic oxidation sites excluding steroid dienone is 1. The zero-order valence-electron chi connectivity index (χ0n) is 15.8. The second kappa shape index (κ2) is 7.47. The summed E-state index contributed by atoms with van der Waals surface area (Å²) in [5, 5.41) is 3.59. The molecule has 0 saturated heterocycles. The maximum absolute atomic E-state index is 13.1. The van der Waals surface area contributed by atoms with Gasteiger partial charge in [0.25, 0.3) is 0 Å². The van der Waals surface area contributed by atoms with E-state index >= 15 is 0 Å². The number of ketones is 1. The molecule has 4 heteroatoms. The molecule has 2 aromatic carbocycles. The van der Waals surface area contributed by atoms with Gasteiger partial charge in [0.05, 0.1) is 24.9 Å². The topological polar surface area (TPSA) is 47.6 Å². The number of benzene rings is 2. The van der Waals surface area contributed by atoms with E-state index in [-0.39, 0.29) is 17.8 Å². The average molecular weight is 363 g/mol. The molecule has 2 aliphatic rings.